The van der Waals surface area contributed by atoms with Crippen LogP contribution in [0.2, 0.25) is 0 Å². The molecule has 0 spiro atoms. The number of carbonyl (C=O) groups excluding carboxylic acids is 1. The fourth-order valence-electron chi connectivity index (χ4n) is 2.81. The lowest BCUT2D eigenvalue weighted by molar-refractivity contribution is 0.238. The van der Waals surface area contributed by atoms with Crippen LogP contribution in [0.25, 0.3) is 0 Å². The standard InChI is InChI=1S/C20H22N2O3/c1-14-5-4-6-17(11-14)25-19-8-3-2-7-18(19)22-20(24)21-16-10-9-15(12-16)13-23/h2-11,15-16,23H,12-13H2,1H3,(H2,21,22,24)/t15-,16+/m0/s1. The minimum absolute atomic E-state index is 0.0676. The first-order chi connectivity index (χ1) is 12.1. The van der Waals surface area contributed by atoms with Crippen molar-refractivity contribution in [3.8, 4) is 11.5 Å². The van der Waals surface area contributed by atoms with Crippen LogP contribution in [0, 0.1) is 12.8 Å². The molecule has 1 aliphatic rings. The first kappa shape index (κ1) is 17.0. The molecule has 3 rings (SSSR count). The number of anilines is 1. The molecule has 0 fully saturated rings. The van der Waals surface area contributed by atoms with E-state index in [1.165, 1.54) is 0 Å². The Hall–Kier alpha value is -2.79. The highest BCUT2D eigenvalue weighted by atomic mass is 16.5. The molecular weight excluding hydrogens is 316 g/mol. The van der Waals surface area contributed by atoms with Crippen LogP contribution < -0.4 is 15.4 Å². The van der Waals surface area contributed by atoms with Crippen molar-refractivity contribution in [3.05, 3.63) is 66.2 Å². The maximum absolute atomic E-state index is 12.2. The molecule has 0 aromatic heterocycles. The molecule has 1 aliphatic carbocycles. The number of aryl methyl sites for hydroxylation is 1. The van der Waals surface area contributed by atoms with Crippen molar-refractivity contribution in [1.29, 1.82) is 0 Å². The Kier molecular flexibility index (Phi) is 5.36. The number of aliphatic hydroxyl groups excluding tert-OH is 1. The smallest absolute Gasteiger partial charge is 0.319 e. The van der Waals surface area contributed by atoms with Crippen molar-refractivity contribution < 1.29 is 14.6 Å². The number of para-hydroxylation sites is 2. The lowest BCUT2D eigenvalue weighted by Gasteiger charge is -2.16. The molecule has 0 aliphatic heterocycles. The summed E-state index contributed by atoms with van der Waals surface area (Å²) in [5.74, 6) is 1.42. The molecule has 130 valence electrons. The number of urea groups is 1. The van der Waals surface area contributed by atoms with E-state index in [2.05, 4.69) is 10.6 Å². The molecule has 0 radical (unpaired) electrons. The molecule has 0 heterocycles. The molecule has 5 nitrogen and oxygen atoms in total. The van der Waals surface area contributed by atoms with Crippen LogP contribution in [0.5, 0.6) is 11.5 Å². The number of aliphatic hydroxyl groups is 1. The number of rotatable bonds is 5. The van der Waals surface area contributed by atoms with Crippen LogP contribution in [0.3, 0.4) is 0 Å². The summed E-state index contributed by atoms with van der Waals surface area (Å²) >= 11 is 0. The third-order valence-electron chi connectivity index (χ3n) is 4.08. The van der Waals surface area contributed by atoms with Crippen LogP contribution in [0.4, 0.5) is 10.5 Å². The summed E-state index contributed by atoms with van der Waals surface area (Å²) in [6.45, 7) is 2.10. The maximum atomic E-state index is 12.2. The third-order valence-corrected chi connectivity index (χ3v) is 4.08. The molecule has 0 bridgehead atoms. The highest BCUT2D eigenvalue weighted by Gasteiger charge is 2.20. The molecule has 5 heteroatoms. The minimum Gasteiger partial charge on any atom is -0.455 e. The average molecular weight is 338 g/mol. The summed E-state index contributed by atoms with van der Waals surface area (Å²) in [6.07, 6.45) is 4.56. The van der Waals surface area contributed by atoms with E-state index < -0.39 is 0 Å². The van der Waals surface area contributed by atoms with Crippen LogP contribution in [0.1, 0.15) is 12.0 Å². The molecule has 2 amide bonds. The van der Waals surface area contributed by atoms with Gasteiger partial charge in [0, 0.05) is 18.6 Å². The van der Waals surface area contributed by atoms with Crippen molar-refractivity contribution in [2.75, 3.05) is 11.9 Å². The second-order valence-electron chi connectivity index (χ2n) is 6.18. The molecule has 0 unspecified atom stereocenters. The number of amides is 2. The Bertz CT molecular complexity index is 773. The summed E-state index contributed by atoms with van der Waals surface area (Å²) in [5, 5.41) is 14.9. The monoisotopic (exact) mass is 338 g/mol. The van der Waals surface area contributed by atoms with Gasteiger partial charge in [0.1, 0.15) is 5.75 Å². The fourth-order valence-corrected chi connectivity index (χ4v) is 2.81. The van der Waals surface area contributed by atoms with Gasteiger partial charge >= 0.3 is 6.03 Å². The van der Waals surface area contributed by atoms with E-state index in [1.54, 1.807) is 6.07 Å². The maximum Gasteiger partial charge on any atom is 0.319 e. The van der Waals surface area contributed by atoms with Gasteiger partial charge in [0.25, 0.3) is 0 Å². The number of nitrogens with one attached hydrogen (secondary N) is 2. The van der Waals surface area contributed by atoms with Gasteiger partial charge in [0.05, 0.1) is 5.69 Å². The topological polar surface area (TPSA) is 70.6 Å². The van der Waals surface area contributed by atoms with Crippen LogP contribution >= 0.6 is 0 Å². The Morgan fingerprint density at radius 3 is 2.80 bits per heavy atom. The number of carbonyl (C=O) groups is 1. The Morgan fingerprint density at radius 1 is 1.20 bits per heavy atom. The van der Waals surface area contributed by atoms with Gasteiger partial charge in [-0.15, -0.1) is 0 Å². The SMILES string of the molecule is Cc1cccc(Oc2ccccc2NC(=O)N[C@@H]2C=C[C@H](CO)C2)c1. The normalized spacial score (nSPS) is 18.8. The van der Waals surface area contributed by atoms with E-state index in [9.17, 15) is 4.79 Å². The first-order valence-electron chi connectivity index (χ1n) is 8.34. The summed E-state index contributed by atoms with van der Waals surface area (Å²) in [5.41, 5.74) is 1.70. The van der Waals surface area contributed by atoms with Crippen LogP contribution in [0.15, 0.2) is 60.7 Å². The van der Waals surface area contributed by atoms with E-state index in [0.717, 1.165) is 11.3 Å². The van der Waals surface area contributed by atoms with Crippen molar-refractivity contribution in [1.82, 2.24) is 5.32 Å². The fraction of sp³-hybridized carbons (Fsp3) is 0.250. The minimum atomic E-state index is -0.298. The van der Waals surface area contributed by atoms with E-state index in [1.807, 2.05) is 61.5 Å². The Morgan fingerprint density at radius 2 is 2.04 bits per heavy atom. The quantitative estimate of drug-likeness (QED) is 0.725. The average Bonchev–Trinajstić information content (AvgIpc) is 3.04. The van der Waals surface area contributed by atoms with E-state index in [0.29, 0.717) is 17.9 Å². The second-order valence-corrected chi connectivity index (χ2v) is 6.18. The summed E-state index contributed by atoms with van der Waals surface area (Å²) in [7, 11) is 0. The summed E-state index contributed by atoms with van der Waals surface area (Å²) in [4.78, 5) is 12.2. The predicted molar refractivity (Wildman–Crippen MR) is 98.0 cm³/mol. The lowest BCUT2D eigenvalue weighted by atomic mass is 10.1. The van der Waals surface area contributed by atoms with Gasteiger partial charge < -0.3 is 20.5 Å². The number of benzene rings is 2. The van der Waals surface area contributed by atoms with E-state index in [-0.39, 0.29) is 24.6 Å². The Balaban J connectivity index is 1.64. The third kappa shape index (κ3) is 4.61. The summed E-state index contributed by atoms with van der Waals surface area (Å²) < 4.78 is 5.91. The Labute approximate surface area is 147 Å². The number of hydrogen-bond acceptors (Lipinski definition) is 3. The second kappa shape index (κ2) is 7.85. The first-order valence-corrected chi connectivity index (χ1v) is 8.34. The highest BCUT2D eigenvalue weighted by molar-refractivity contribution is 5.91. The predicted octanol–water partition coefficient (Wildman–Crippen LogP) is 3.85. The molecule has 0 saturated carbocycles. The van der Waals surface area contributed by atoms with Crippen molar-refractivity contribution >= 4 is 11.7 Å². The van der Waals surface area contributed by atoms with Crippen molar-refractivity contribution in [2.45, 2.75) is 19.4 Å². The van der Waals surface area contributed by atoms with Gasteiger partial charge in [-0.25, -0.2) is 4.79 Å². The largest absolute Gasteiger partial charge is 0.455 e. The van der Waals surface area contributed by atoms with Gasteiger partial charge in [-0.2, -0.15) is 0 Å². The lowest BCUT2D eigenvalue weighted by Crippen LogP contribution is -2.36. The van der Waals surface area contributed by atoms with Gasteiger partial charge in [-0.3, -0.25) is 0 Å². The molecule has 2 atom stereocenters. The molecule has 0 saturated heterocycles. The van der Waals surface area contributed by atoms with Gasteiger partial charge in [0.15, 0.2) is 5.75 Å². The molecule has 2 aromatic rings. The zero-order valence-corrected chi connectivity index (χ0v) is 14.1. The van der Waals surface area contributed by atoms with E-state index >= 15 is 0 Å². The molecule has 3 N–H and O–H groups in total. The van der Waals surface area contributed by atoms with E-state index in [4.69, 9.17) is 9.84 Å². The number of hydrogen-bond donors (Lipinski definition) is 3. The molecular formula is C20H22N2O3. The zero-order chi connectivity index (χ0) is 17.6. The van der Waals surface area contributed by atoms with Gasteiger partial charge in [0.2, 0.25) is 0 Å². The van der Waals surface area contributed by atoms with Crippen LogP contribution in [-0.2, 0) is 0 Å². The van der Waals surface area contributed by atoms with Crippen molar-refractivity contribution in [3.63, 3.8) is 0 Å². The molecule has 25 heavy (non-hydrogen) atoms. The zero-order valence-electron chi connectivity index (χ0n) is 14.1. The van der Waals surface area contributed by atoms with Crippen molar-refractivity contribution in [2.24, 2.45) is 5.92 Å². The van der Waals surface area contributed by atoms with Crippen LogP contribution in [-0.4, -0.2) is 23.8 Å². The van der Waals surface area contributed by atoms with Gasteiger partial charge in [-0.1, -0.05) is 36.4 Å². The highest BCUT2D eigenvalue weighted by Crippen LogP contribution is 2.29. The summed E-state index contributed by atoms with van der Waals surface area (Å²) in [6, 6.07) is 14.7. The van der Waals surface area contributed by atoms with Gasteiger partial charge in [-0.05, 0) is 43.2 Å². The molecule has 2 aromatic carbocycles. The number of ether oxygens (including phenoxy) is 1.